The third-order valence-corrected chi connectivity index (χ3v) is 2.76. The van der Waals surface area contributed by atoms with Gasteiger partial charge in [0.1, 0.15) is 0 Å². The summed E-state index contributed by atoms with van der Waals surface area (Å²) in [6, 6.07) is 0. The van der Waals surface area contributed by atoms with Crippen LogP contribution in [0.5, 0.6) is 0 Å². The summed E-state index contributed by atoms with van der Waals surface area (Å²) in [6.45, 7) is 8.45. The van der Waals surface area contributed by atoms with Gasteiger partial charge in [0.15, 0.2) is 0 Å². The van der Waals surface area contributed by atoms with Gasteiger partial charge in [-0.1, -0.05) is 13.8 Å². The fourth-order valence-corrected chi connectivity index (χ4v) is 0.381. The molecule has 1 unspecified atom stereocenters. The molecular weight excluding hydrogens is 130 g/mol. The maximum atomic E-state index is 5.28. The van der Waals surface area contributed by atoms with Crippen LogP contribution in [0.1, 0.15) is 27.7 Å². The van der Waals surface area contributed by atoms with Crippen LogP contribution in [0.2, 0.25) is 0 Å². The van der Waals surface area contributed by atoms with Gasteiger partial charge in [0, 0.05) is 5.16 Å². The first-order chi connectivity index (χ1) is 3.81. The van der Waals surface area contributed by atoms with Crippen molar-refractivity contribution in [3.63, 3.8) is 0 Å². The molecule has 0 saturated carbocycles. The van der Waals surface area contributed by atoms with Crippen LogP contribution in [-0.2, 0) is 4.65 Å². The van der Waals surface area contributed by atoms with Gasteiger partial charge in [-0.2, -0.15) is 0 Å². The van der Waals surface area contributed by atoms with Gasteiger partial charge in [0.25, 0.3) is 8.05 Å². The van der Waals surface area contributed by atoms with E-state index in [1.165, 1.54) is 0 Å². The van der Waals surface area contributed by atoms with Gasteiger partial charge in [-0.25, -0.2) is 0 Å². The summed E-state index contributed by atoms with van der Waals surface area (Å²) >= 11 is 0. The Morgan fingerprint density at radius 3 is 1.56 bits per heavy atom. The molecule has 0 saturated heterocycles. The van der Waals surface area contributed by atoms with E-state index in [2.05, 4.69) is 36.9 Å². The minimum absolute atomic E-state index is 0.0579. The molecule has 3 heteroatoms. The molecule has 0 aliphatic heterocycles. The van der Waals surface area contributed by atoms with Crippen LogP contribution in [0.15, 0.2) is 0 Å². The second kappa shape index (κ2) is 2.60. The molecule has 9 heavy (non-hydrogen) atoms. The molecule has 1 atom stereocenters. The van der Waals surface area contributed by atoms with E-state index < -0.39 is 0 Å². The molecule has 0 radical (unpaired) electrons. The van der Waals surface area contributed by atoms with Crippen LogP contribution in [0.4, 0.5) is 0 Å². The van der Waals surface area contributed by atoms with Crippen molar-refractivity contribution >= 4 is 17.3 Å². The highest BCUT2D eigenvalue weighted by Crippen LogP contribution is 2.32. The van der Waals surface area contributed by atoms with E-state index in [1.54, 1.807) is 8.05 Å². The second-order valence-corrected chi connectivity index (χ2v) is 4.88. The molecule has 1 nitrogen and oxygen atoms in total. The molecular formula is C6H16BOP. The highest BCUT2D eigenvalue weighted by atomic mass is 31.0. The quantitative estimate of drug-likeness (QED) is 0.416. The van der Waals surface area contributed by atoms with Gasteiger partial charge in [-0.3, -0.25) is 0 Å². The lowest BCUT2D eigenvalue weighted by Gasteiger charge is -2.37. The lowest BCUT2D eigenvalue weighted by Crippen LogP contribution is -2.41. The normalized spacial score (nSPS) is 13.9. The van der Waals surface area contributed by atoms with Gasteiger partial charge in [-0.05, 0) is 13.8 Å². The van der Waals surface area contributed by atoms with Crippen LogP contribution in [0, 0.1) is 0 Å². The summed E-state index contributed by atoms with van der Waals surface area (Å²) in [5.41, 5.74) is -0.0579. The van der Waals surface area contributed by atoms with E-state index in [0.717, 1.165) is 0 Å². The van der Waals surface area contributed by atoms with E-state index in [-0.39, 0.29) is 10.8 Å². The first-order valence-electron chi connectivity index (χ1n) is 3.15. The van der Waals surface area contributed by atoms with Crippen molar-refractivity contribution in [1.29, 1.82) is 0 Å². The number of rotatable bonds is 2. The van der Waals surface area contributed by atoms with Crippen molar-refractivity contribution in [2.75, 3.05) is 0 Å². The maximum Gasteiger partial charge on any atom is 0.258 e. The first kappa shape index (κ1) is 9.45. The van der Waals surface area contributed by atoms with E-state index in [4.69, 9.17) is 4.65 Å². The minimum atomic E-state index is -0.0579. The Labute approximate surface area is 61.2 Å². The van der Waals surface area contributed by atoms with Gasteiger partial charge in [-0.15, -0.1) is 9.24 Å². The van der Waals surface area contributed by atoms with Crippen LogP contribution >= 0.6 is 9.24 Å². The molecule has 0 heterocycles. The molecule has 0 aromatic rings. The van der Waals surface area contributed by atoms with Crippen molar-refractivity contribution < 1.29 is 4.65 Å². The Bertz CT molecular complexity index is 95.7. The van der Waals surface area contributed by atoms with E-state index in [9.17, 15) is 0 Å². The predicted octanol–water partition coefficient (Wildman–Crippen LogP) is 0.983. The average Bonchev–Trinajstić information content (AvgIpc) is 1.64. The summed E-state index contributed by atoms with van der Waals surface area (Å²) in [5.74, 6) is 0. The summed E-state index contributed by atoms with van der Waals surface area (Å²) in [6.07, 6.45) is 0. The zero-order valence-electron chi connectivity index (χ0n) is 6.99. The number of hydrogen-bond donors (Lipinski definition) is 0. The lowest BCUT2D eigenvalue weighted by molar-refractivity contribution is 0.0882. The molecule has 0 aromatic carbocycles. The molecule has 0 N–H and O–H groups in total. The standard InChI is InChI=1S/C6H16BOP/c1-5(2,8-7)6(3,4)9/h7,9H2,1-4H3. The van der Waals surface area contributed by atoms with Crippen LogP contribution in [0.3, 0.4) is 0 Å². The smallest absolute Gasteiger partial charge is 0.258 e. The van der Waals surface area contributed by atoms with Crippen molar-refractivity contribution in [2.24, 2.45) is 0 Å². The number of hydrogen-bond acceptors (Lipinski definition) is 1. The predicted molar refractivity (Wildman–Crippen MR) is 47.5 cm³/mol. The van der Waals surface area contributed by atoms with Gasteiger partial charge < -0.3 is 4.65 Å². The van der Waals surface area contributed by atoms with Gasteiger partial charge in [0.05, 0.1) is 5.60 Å². The molecule has 0 fully saturated rings. The highest BCUT2D eigenvalue weighted by Gasteiger charge is 2.31. The van der Waals surface area contributed by atoms with Crippen molar-refractivity contribution in [3.05, 3.63) is 0 Å². The van der Waals surface area contributed by atoms with Crippen molar-refractivity contribution in [2.45, 2.75) is 38.5 Å². The van der Waals surface area contributed by atoms with Crippen molar-refractivity contribution in [1.82, 2.24) is 0 Å². The Balaban J connectivity index is 4.14. The minimum Gasteiger partial charge on any atom is -0.438 e. The topological polar surface area (TPSA) is 9.23 Å². The molecule has 0 aromatic heterocycles. The van der Waals surface area contributed by atoms with Crippen LogP contribution in [-0.4, -0.2) is 18.8 Å². The maximum absolute atomic E-state index is 5.28. The van der Waals surface area contributed by atoms with Crippen LogP contribution in [0.25, 0.3) is 0 Å². The molecule has 0 aliphatic carbocycles. The monoisotopic (exact) mass is 146 g/mol. The second-order valence-electron chi connectivity index (χ2n) is 3.44. The fourth-order valence-electron chi connectivity index (χ4n) is 0.263. The van der Waals surface area contributed by atoms with E-state index in [1.807, 2.05) is 0 Å². The zero-order valence-corrected chi connectivity index (χ0v) is 8.14. The van der Waals surface area contributed by atoms with Crippen molar-refractivity contribution in [3.8, 4) is 0 Å². The molecule has 0 amide bonds. The zero-order chi connectivity index (χ0) is 7.71. The summed E-state index contributed by atoms with van der Waals surface area (Å²) in [7, 11) is 4.52. The molecule has 0 bridgehead atoms. The first-order valence-corrected chi connectivity index (χ1v) is 3.73. The van der Waals surface area contributed by atoms with E-state index in [0.29, 0.717) is 0 Å². The summed E-state index contributed by atoms with van der Waals surface area (Å²) in [4.78, 5) is 0. The van der Waals surface area contributed by atoms with Gasteiger partial charge in [0.2, 0.25) is 0 Å². The largest absolute Gasteiger partial charge is 0.438 e. The Morgan fingerprint density at radius 1 is 1.22 bits per heavy atom. The fraction of sp³-hybridized carbons (Fsp3) is 1.00. The summed E-state index contributed by atoms with van der Waals surface area (Å²) < 4.78 is 5.28. The molecule has 0 rings (SSSR count). The van der Waals surface area contributed by atoms with E-state index >= 15 is 0 Å². The SMILES string of the molecule is BOC(C)(C)C(C)(C)P. The third-order valence-electron chi connectivity index (χ3n) is 2.06. The van der Waals surface area contributed by atoms with Crippen LogP contribution < -0.4 is 0 Å². The van der Waals surface area contributed by atoms with Gasteiger partial charge >= 0.3 is 0 Å². The molecule has 0 aliphatic rings. The third kappa shape index (κ3) is 2.27. The molecule has 54 valence electrons. The Kier molecular flexibility index (Phi) is 2.73. The Hall–Kier alpha value is 0.455. The highest BCUT2D eigenvalue weighted by molar-refractivity contribution is 7.19. The molecule has 0 spiro atoms. The Morgan fingerprint density at radius 2 is 1.56 bits per heavy atom. The summed E-state index contributed by atoms with van der Waals surface area (Å²) in [5, 5.41) is 0.141. The lowest BCUT2D eigenvalue weighted by atomic mass is 9.93. The average molecular weight is 146 g/mol.